The van der Waals surface area contributed by atoms with Crippen LogP contribution in [0.2, 0.25) is 5.02 Å². The number of carbonyl (C=O) groups excluding carboxylic acids is 1. The molecule has 1 aromatic carbocycles. The molecule has 0 aliphatic carbocycles. The van der Waals surface area contributed by atoms with Crippen molar-refractivity contribution < 1.29 is 4.79 Å². The lowest BCUT2D eigenvalue weighted by atomic mass is 9.96. The van der Waals surface area contributed by atoms with E-state index in [9.17, 15) is 4.79 Å². The summed E-state index contributed by atoms with van der Waals surface area (Å²) >= 11 is 6.16. The fourth-order valence-electron chi connectivity index (χ4n) is 1.82. The van der Waals surface area contributed by atoms with Crippen molar-refractivity contribution in [1.82, 2.24) is 5.32 Å². The van der Waals surface area contributed by atoms with Crippen LogP contribution < -0.4 is 11.1 Å². The molecule has 18 heavy (non-hydrogen) atoms. The summed E-state index contributed by atoms with van der Waals surface area (Å²) in [7, 11) is 0. The summed E-state index contributed by atoms with van der Waals surface area (Å²) in [6.45, 7) is 7.71. The number of hydrogen-bond donors (Lipinski definition) is 2. The molecular weight excluding hydrogens is 248 g/mol. The van der Waals surface area contributed by atoms with Crippen LogP contribution in [0.25, 0.3) is 0 Å². The van der Waals surface area contributed by atoms with Gasteiger partial charge in [0.25, 0.3) is 0 Å². The maximum absolute atomic E-state index is 11.7. The Morgan fingerprint density at radius 2 is 2.17 bits per heavy atom. The van der Waals surface area contributed by atoms with Gasteiger partial charge in [-0.1, -0.05) is 44.2 Å². The molecule has 3 nitrogen and oxygen atoms in total. The number of hydrogen-bond acceptors (Lipinski definition) is 2. The molecule has 0 saturated carbocycles. The van der Waals surface area contributed by atoms with Gasteiger partial charge in [0.05, 0.1) is 12.2 Å². The predicted molar refractivity (Wildman–Crippen MR) is 75.2 cm³/mol. The molecule has 0 heterocycles. The number of halogens is 1. The van der Waals surface area contributed by atoms with Crippen LogP contribution in [0.3, 0.4) is 0 Å². The Morgan fingerprint density at radius 3 is 2.72 bits per heavy atom. The summed E-state index contributed by atoms with van der Waals surface area (Å²) in [4.78, 5) is 11.7. The smallest absolute Gasteiger partial charge is 0.229 e. The van der Waals surface area contributed by atoms with Crippen molar-refractivity contribution in [3.05, 3.63) is 46.7 Å². The van der Waals surface area contributed by atoms with Crippen LogP contribution in [-0.2, 0) is 17.6 Å². The van der Waals surface area contributed by atoms with E-state index >= 15 is 0 Å². The molecule has 0 bridgehead atoms. The van der Waals surface area contributed by atoms with Crippen LogP contribution in [0.1, 0.15) is 25.0 Å². The van der Waals surface area contributed by atoms with Gasteiger partial charge in [0.15, 0.2) is 0 Å². The van der Waals surface area contributed by atoms with E-state index in [1.807, 2.05) is 12.1 Å². The van der Waals surface area contributed by atoms with Crippen molar-refractivity contribution in [2.24, 2.45) is 11.7 Å². The monoisotopic (exact) mass is 266 g/mol. The molecule has 1 aromatic rings. The third-order valence-electron chi connectivity index (χ3n) is 2.48. The zero-order valence-electron chi connectivity index (χ0n) is 10.8. The number of amides is 1. The van der Waals surface area contributed by atoms with Crippen molar-refractivity contribution in [2.45, 2.75) is 26.7 Å². The van der Waals surface area contributed by atoms with Crippen molar-refractivity contribution in [3.8, 4) is 0 Å². The van der Waals surface area contributed by atoms with Gasteiger partial charge in [-0.25, -0.2) is 0 Å². The minimum Gasteiger partial charge on any atom is -0.386 e. The molecule has 0 radical (unpaired) electrons. The van der Waals surface area contributed by atoms with E-state index in [1.54, 1.807) is 6.07 Å². The zero-order chi connectivity index (χ0) is 13.7. The van der Waals surface area contributed by atoms with Crippen LogP contribution in [0.15, 0.2) is 30.6 Å². The number of nitrogens with one attached hydrogen (secondary N) is 1. The number of nitrogens with two attached hydrogens (primary N) is 1. The van der Waals surface area contributed by atoms with Crippen LogP contribution in [0, 0.1) is 5.92 Å². The van der Waals surface area contributed by atoms with E-state index in [0.717, 1.165) is 17.5 Å². The Balaban J connectivity index is 2.92. The lowest BCUT2D eigenvalue weighted by Crippen LogP contribution is -2.28. The zero-order valence-corrected chi connectivity index (χ0v) is 11.6. The van der Waals surface area contributed by atoms with Gasteiger partial charge >= 0.3 is 0 Å². The topological polar surface area (TPSA) is 55.1 Å². The summed E-state index contributed by atoms with van der Waals surface area (Å²) in [5, 5.41) is 3.10. The Labute approximate surface area is 113 Å². The molecule has 0 aliphatic heterocycles. The second-order valence-electron chi connectivity index (χ2n) is 4.73. The highest BCUT2D eigenvalue weighted by Gasteiger charge is 2.12. The quantitative estimate of drug-likeness (QED) is 0.861. The van der Waals surface area contributed by atoms with Crippen molar-refractivity contribution in [2.75, 3.05) is 0 Å². The normalized spacial score (nSPS) is 10.4. The Kier molecular flexibility index (Phi) is 5.23. The first-order valence-electron chi connectivity index (χ1n) is 5.90. The highest BCUT2D eigenvalue weighted by Crippen LogP contribution is 2.23. The maximum Gasteiger partial charge on any atom is 0.229 e. The largest absolute Gasteiger partial charge is 0.386 e. The molecule has 0 unspecified atom stereocenters. The average molecular weight is 267 g/mol. The predicted octanol–water partition coefficient (Wildman–Crippen LogP) is 2.63. The van der Waals surface area contributed by atoms with Crippen LogP contribution in [0.4, 0.5) is 0 Å². The Hall–Kier alpha value is -1.48. The van der Waals surface area contributed by atoms with Crippen LogP contribution >= 0.6 is 11.6 Å². The van der Waals surface area contributed by atoms with Crippen molar-refractivity contribution >= 4 is 17.5 Å². The Morgan fingerprint density at radius 1 is 1.50 bits per heavy atom. The van der Waals surface area contributed by atoms with Gasteiger partial charge in [0.2, 0.25) is 5.91 Å². The maximum atomic E-state index is 11.7. The first kappa shape index (κ1) is 14.6. The minimum absolute atomic E-state index is 0.150. The molecule has 3 N–H and O–H groups in total. The molecule has 1 amide bonds. The highest BCUT2D eigenvalue weighted by atomic mass is 35.5. The van der Waals surface area contributed by atoms with Crippen LogP contribution in [0.5, 0.6) is 0 Å². The fraction of sp³-hybridized carbons (Fsp3) is 0.357. The summed E-state index contributed by atoms with van der Waals surface area (Å²) in [6.07, 6.45) is 1.12. The molecule has 0 saturated heterocycles. The summed E-state index contributed by atoms with van der Waals surface area (Å²) < 4.78 is 0. The SMILES string of the molecule is C=C(N)NC(=O)Cc1c(Cl)cccc1CC(C)C. The van der Waals surface area contributed by atoms with E-state index in [0.29, 0.717) is 10.9 Å². The van der Waals surface area contributed by atoms with Crippen molar-refractivity contribution in [3.63, 3.8) is 0 Å². The molecule has 0 atom stereocenters. The van der Waals surface area contributed by atoms with Gasteiger partial charge in [0, 0.05) is 5.02 Å². The lowest BCUT2D eigenvalue weighted by molar-refractivity contribution is -0.119. The first-order valence-corrected chi connectivity index (χ1v) is 6.28. The molecule has 1 rings (SSSR count). The highest BCUT2D eigenvalue weighted by molar-refractivity contribution is 6.31. The molecular formula is C14H19ClN2O. The number of benzene rings is 1. The van der Waals surface area contributed by atoms with Gasteiger partial charge < -0.3 is 11.1 Å². The number of carbonyl (C=O) groups is 1. The van der Waals surface area contributed by atoms with Crippen molar-refractivity contribution in [1.29, 1.82) is 0 Å². The van der Waals surface area contributed by atoms with Gasteiger partial charge in [-0.15, -0.1) is 0 Å². The second kappa shape index (κ2) is 6.45. The Bertz CT molecular complexity index is 455. The summed E-state index contributed by atoms with van der Waals surface area (Å²) in [5.74, 6) is 0.466. The fourth-order valence-corrected chi connectivity index (χ4v) is 2.08. The van der Waals surface area contributed by atoms with E-state index in [-0.39, 0.29) is 18.1 Å². The molecule has 0 aromatic heterocycles. The van der Waals surface area contributed by atoms with E-state index in [1.165, 1.54) is 0 Å². The number of rotatable bonds is 5. The van der Waals surface area contributed by atoms with E-state index < -0.39 is 0 Å². The third kappa shape index (κ3) is 4.41. The molecule has 0 fully saturated rings. The third-order valence-corrected chi connectivity index (χ3v) is 2.84. The van der Waals surface area contributed by atoms with Gasteiger partial charge in [0.1, 0.15) is 0 Å². The second-order valence-corrected chi connectivity index (χ2v) is 5.13. The standard InChI is InChI=1S/C14H19ClN2O/c1-9(2)7-11-5-4-6-13(15)12(11)8-14(18)17-10(3)16/h4-6,9H,3,7-8,16H2,1-2H3,(H,17,18). The molecule has 4 heteroatoms. The molecule has 98 valence electrons. The van der Waals surface area contributed by atoms with E-state index in [4.69, 9.17) is 17.3 Å². The van der Waals surface area contributed by atoms with E-state index in [2.05, 4.69) is 25.7 Å². The summed E-state index contributed by atoms with van der Waals surface area (Å²) in [5.41, 5.74) is 7.32. The average Bonchev–Trinajstić information content (AvgIpc) is 2.21. The molecule has 0 aliphatic rings. The lowest BCUT2D eigenvalue weighted by Gasteiger charge is -2.13. The molecule has 0 spiro atoms. The van der Waals surface area contributed by atoms with Gasteiger partial charge in [-0.3, -0.25) is 4.79 Å². The summed E-state index contributed by atoms with van der Waals surface area (Å²) in [6, 6.07) is 5.71. The first-order chi connectivity index (χ1) is 8.40. The minimum atomic E-state index is -0.194. The van der Waals surface area contributed by atoms with Gasteiger partial charge in [-0.05, 0) is 29.5 Å². The van der Waals surface area contributed by atoms with Crippen LogP contribution in [-0.4, -0.2) is 5.91 Å². The van der Waals surface area contributed by atoms with Gasteiger partial charge in [-0.2, -0.15) is 0 Å².